The van der Waals surface area contributed by atoms with Crippen LogP contribution in [0, 0.1) is 11.3 Å². The van der Waals surface area contributed by atoms with Crippen LogP contribution < -0.4 is 16.2 Å². The molecule has 0 spiro atoms. The first-order valence-electron chi connectivity index (χ1n) is 11.4. The molecule has 34 heavy (non-hydrogen) atoms. The summed E-state index contributed by atoms with van der Waals surface area (Å²) in [5, 5.41) is 9.55. The number of morpholine rings is 1. The molecule has 3 aromatic rings. The lowest BCUT2D eigenvalue weighted by atomic mass is 10.1. The molecule has 1 atom stereocenters. The topological polar surface area (TPSA) is 117 Å². The molecular formula is C24H26N6O3S. The number of fused-ring (bicyclic) bond motifs is 1. The van der Waals surface area contributed by atoms with Gasteiger partial charge in [0, 0.05) is 32.2 Å². The van der Waals surface area contributed by atoms with Gasteiger partial charge in [-0.05, 0) is 30.5 Å². The lowest BCUT2D eigenvalue weighted by molar-refractivity contribution is 0.0306. The molecule has 176 valence electrons. The molecule has 2 aliphatic rings. The second-order valence-electron chi connectivity index (χ2n) is 8.65. The molecule has 4 heterocycles. The summed E-state index contributed by atoms with van der Waals surface area (Å²) < 4.78 is 7.41. The number of nitrogens with zero attached hydrogens (tertiary/aromatic N) is 5. The van der Waals surface area contributed by atoms with Crippen molar-refractivity contribution in [2.45, 2.75) is 25.4 Å². The number of ether oxygens (including phenoxy) is 1. The van der Waals surface area contributed by atoms with E-state index in [0.29, 0.717) is 59.5 Å². The van der Waals surface area contributed by atoms with E-state index in [0.717, 1.165) is 24.9 Å². The number of thiophene rings is 1. The third kappa shape index (κ3) is 4.30. The molecule has 0 radical (unpaired) electrons. The van der Waals surface area contributed by atoms with E-state index < -0.39 is 0 Å². The average molecular weight is 479 g/mol. The third-order valence-electron chi connectivity index (χ3n) is 6.33. The van der Waals surface area contributed by atoms with Crippen LogP contribution in [0.25, 0.3) is 10.2 Å². The minimum absolute atomic E-state index is 0.00197. The van der Waals surface area contributed by atoms with Gasteiger partial charge >= 0.3 is 0 Å². The normalized spacial score (nSPS) is 18.8. The molecule has 9 nitrogen and oxygen atoms in total. The zero-order valence-electron chi connectivity index (χ0n) is 18.8. The van der Waals surface area contributed by atoms with Gasteiger partial charge in [0.2, 0.25) is 5.95 Å². The lowest BCUT2D eigenvalue weighted by Gasteiger charge is -2.33. The standard InChI is InChI=1S/C24H26N6O3S/c25-13-16-4-1-2-5-17(16)14-30-23(32)21-19(27-24(30)29-7-3-6-18(26)15-29)12-20(34-21)22(31)28-8-10-33-11-9-28/h1-2,4-5,12,18H,3,6-11,14-15,26H2/t18-/m1/s1. The minimum atomic E-state index is -0.210. The van der Waals surface area contributed by atoms with Crippen molar-refractivity contribution in [1.29, 1.82) is 5.26 Å². The van der Waals surface area contributed by atoms with Gasteiger partial charge in [0.1, 0.15) is 4.70 Å². The summed E-state index contributed by atoms with van der Waals surface area (Å²) in [5.41, 5.74) is 7.80. The van der Waals surface area contributed by atoms with Gasteiger partial charge in [-0.25, -0.2) is 4.98 Å². The fourth-order valence-electron chi connectivity index (χ4n) is 4.54. The number of benzene rings is 1. The van der Waals surface area contributed by atoms with E-state index in [4.69, 9.17) is 15.5 Å². The molecule has 0 saturated carbocycles. The van der Waals surface area contributed by atoms with Gasteiger partial charge in [-0.2, -0.15) is 5.26 Å². The van der Waals surface area contributed by atoms with E-state index in [1.165, 1.54) is 11.3 Å². The van der Waals surface area contributed by atoms with Gasteiger partial charge in [-0.3, -0.25) is 14.2 Å². The SMILES string of the molecule is N#Cc1ccccc1Cn1c(N2CCC[C@@H](N)C2)nc2cc(C(=O)N3CCOCC3)sc2c1=O. The van der Waals surface area contributed by atoms with Crippen molar-refractivity contribution in [3.05, 3.63) is 56.7 Å². The predicted molar refractivity (Wildman–Crippen MR) is 130 cm³/mol. The minimum Gasteiger partial charge on any atom is -0.378 e. The number of amides is 1. The molecule has 1 aromatic carbocycles. The number of anilines is 1. The van der Waals surface area contributed by atoms with Gasteiger partial charge in [-0.15, -0.1) is 11.3 Å². The summed E-state index contributed by atoms with van der Waals surface area (Å²) in [6.07, 6.45) is 1.84. The van der Waals surface area contributed by atoms with Crippen molar-refractivity contribution >= 4 is 33.4 Å². The second-order valence-corrected chi connectivity index (χ2v) is 9.70. The van der Waals surface area contributed by atoms with Crippen LogP contribution in [0.5, 0.6) is 0 Å². The maximum absolute atomic E-state index is 13.7. The Balaban J connectivity index is 1.61. The van der Waals surface area contributed by atoms with E-state index in [2.05, 4.69) is 6.07 Å². The Bertz CT molecular complexity index is 1320. The maximum Gasteiger partial charge on any atom is 0.273 e. The first-order valence-corrected chi connectivity index (χ1v) is 12.3. The quantitative estimate of drug-likeness (QED) is 0.607. The summed E-state index contributed by atoms with van der Waals surface area (Å²) in [5.74, 6) is 0.428. The fraction of sp³-hybridized carbons (Fsp3) is 0.417. The van der Waals surface area contributed by atoms with Gasteiger partial charge < -0.3 is 20.3 Å². The third-order valence-corrected chi connectivity index (χ3v) is 7.43. The molecule has 1 amide bonds. The molecule has 2 N–H and O–H groups in total. The Labute approximate surface area is 201 Å². The van der Waals surface area contributed by atoms with Gasteiger partial charge in [0.05, 0.1) is 41.8 Å². The van der Waals surface area contributed by atoms with Crippen molar-refractivity contribution in [3.63, 3.8) is 0 Å². The molecule has 2 fully saturated rings. The summed E-state index contributed by atoms with van der Waals surface area (Å²) in [4.78, 5) is 35.9. The Morgan fingerprint density at radius 3 is 2.82 bits per heavy atom. The van der Waals surface area contributed by atoms with Crippen LogP contribution in [0.4, 0.5) is 5.95 Å². The predicted octanol–water partition coefficient (Wildman–Crippen LogP) is 1.78. The highest BCUT2D eigenvalue weighted by atomic mass is 32.1. The van der Waals surface area contributed by atoms with Crippen LogP contribution in [0.15, 0.2) is 35.1 Å². The lowest BCUT2D eigenvalue weighted by Crippen LogP contribution is -2.45. The maximum atomic E-state index is 13.7. The Kier molecular flexibility index (Phi) is 6.32. The Morgan fingerprint density at radius 1 is 1.26 bits per heavy atom. The number of rotatable bonds is 4. The average Bonchev–Trinajstić information content (AvgIpc) is 3.30. The van der Waals surface area contributed by atoms with E-state index in [-0.39, 0.29) is 24.1 Å². The number of hydrogen-bond donors (Lipinski definition) is 1. The molecule has 5 rings (SSSR count). The van der Waals surface area contributed by atoms with Gasteiger partial charge in [0.15, 0.2) is 0 Å². The zero-order valence-corrected chi connectivity index (χ0v) is 19.6. The Morgan fingerprint density at radius 2 is 2.06 bits per heavy atom. The number of piperidine rings is 1. The van der Waals surface area contributed by atoms with Gasteiger partial charge in [-0.1, -0.05) is 18.2 Å². The van der Waals surface area contributed by atoms with Crippen molar-refractivity contribution in [2.75, 3.05) is 44.3 Å². The van der Waals surface area contributed by atoms with E-state index in [1.54, 1.807) is 27.7 Å². The summed E-state index contributed by atoms with van der Waals surface area (Å²) in [6, 6.07) is 11.2. The Hall–Kier alpha value is -3.26. The molecule has 0 bridgehead atoms. The van der Waals surface area contributed by atoms with Crippen LogP contribution in [0.3, 0.4) is 0 Å². The highest BCUT2D eigenvalue weighted by Crippen LogP contribution is 2.27. The smallest absolute Gasteiger partial charge is 0.273 e. The number of carbonyl (C=O) groups is 1. The van der Waals surface area contributed by atoms with Crippen molar-refractivity contribution in [1.82, 2.24) is 14.5 Å². The summed E-state index contributed by atoms with van der Waals surface area (Å²) >= 11 is 1.18. The van der Waals surface area contributed by atoms with Crippen molar-refractivity contribution in [3.8, 4) is 6.07 Å². The monoisotopic (exact) mass is 478 g/mol. The molecule has 2 saturated heterocycles. The number of hydrogen-bond acceptors (Lipinski definition) is 8. The van der Waals surface area contributed by atoms with Gasteiger partial charge in [0.25, 0.3) is 11.5 Å². The molecule has 10 heteroatoms. The van der Waals surface area contributed by atoms with E-state index >= 15 is 0 Å². The highest BCUT2D eigenvalue weighted by Gasteiger charge is 2.26. The first-order chi connectivity index (χ1) is 16.5. The number of nitriles is 1. The number of nitrogens with two attached hydrogens (primary N) is 1. The van der Waals surface area contributed by atoms with E-state index in [1.807, 2.05) is 17.0 Å². The van der Waals surface area contributed by atoms with E-state index in [9.17, 15) is 14.9 Å². The second kappa shape index (κ2) is 9.54. The molecule has 2 aromatic heterocycles. The zero-order chi connectivity index (χ0) is 23.7. The number of aromatic nitrogens is 2. The van der Waals surface area contributed by atoms with Crippen LogP contribution in [-0.4, -0.2) is 65.8 Å². The van der Waals surface area contributed by atoms with Crippen LogP contribution in [0.1, 0.15) is 33.6 Å². The fourth-order valence-corrected chi connectivity index (χ4v) is 5.55. The highest BCUT2D eigenvalue weighted by molar-refractivity contribution is 7.20. The van der Waals surface area contributed by atoms with Crippen LogP contribution >= 0.6 is 11.3 Å². The van der Waals surface area contributed by atoms with Crippen LogP contribution in [-0.2, 0) is 11.3 Å². The molecule has 0 aliphatic carbocycles. The largest absolute Gasteiger partial charge is 0.378 e. The van der Waals surface area contributed by atoms with Crippen LogP contribution in [0.2, 0.25) is 0 Å². The summed E-state index contributed by atoms with van der Waals surface area (Å²) in [6.45, 7) is 3.66. The summed E-state index contributed by atoms with van der Waals surface area (Å²) in [7, 11) is 0. The molecule has 0 unspecified atom stereocenters. The molecular weight excluding hydrogens is 452 g/mol. The van der Waals surface area contributed by atoms with Crippen molar-refractivity contribution < 1.29 is 9.53 Å². The van der Waals surface area contributed by atoms with Crippen molar-refractivity contribution in [2.24, 2.45) is 5.73 Å². The first kappa shape index (κ1) is 22.5. The molecule has 2 aliphatic heterocycles. The number of carbonyl (C=O) groups excluding carboxylic acids is 1.